The molecule has 0 saturated heterocycles. The van der Waals surface area contributed by atoms with Crippen LogP contribution in [0.3, 0.4) is 0 Å². The molecular weight excluding hydrogens is 368 g/mol. The minimum Gasteiger partial charge on any atom is -0.299 e. The molecule has 0 aliphatic carbocycles. The number of carbonyl (C=O) groups is 2. The quantitative estimate of drug-likeness (QED) is 0.108. The van der Waals surface area contributed by atoms with Gasteiger partial charge in [-0.25, -0.2) is 0 Å². The summed E-state index contributed by atoms with van der Waals surface area (Å²) >= 11 is 0. The van der Waals surface area contributed by atoms with E-state index < -0.39 is 0 Å². The van der Waals surface area contributed by atoms with Crippen LogP contribution in [0.5, 0.6) is 0 Å². The molecular formula is C28H54O2. The average Bonchev–Trinajstić information content (AvgIpc) is 2.73. The molecule has 0 aromatic heterocycles. The molecule has 0 aliphatic heterocycles. The molecule has 0 amide bonds. The summed E-state index contributed by atoms with van der Waals surface area (Å²) in [6, 6.07) is 0. The van der Waals surface area contributed by atoms with Crippen LogP contribution in [-0.2, 0) is 9.59 Å². The molecule has 0 rings (SSSR count). The molecule has 0 unspecified atom stereocenters. The van der Waals surface area contributed by atoms with Gasteiger partial charge in [0.1, 0.15) is 11.6 Å². The van der Waals surface area contributed by atoms with E-state index in [2.05, 4.69) is 13.8 Å². The normalized spacial score (nSPS) is 11.1. The van der Waals surface area contributed by atoms with Gasteiger partial charge in [0.2, 0.25) is 0 Å². The molecule has 0 bridgehead atoms. The van der Waals surface area contributed by atoms with E-state index >= 15 is 0 Å². The van der Waals surface area contributed by atoms with Crippen LogP contribution in [0, 0.1) is 0 Å². The molecule has 30 heavy (non-hydrogen) atoms. The average molecular weight is 423 g/mol. The molecule has 0 heterocycles. The van der Waals surface area contributed by atoms with Crippen LogP contribution in [0.1, 0.15) is 168 Å². The summed E-state index contributed by atoms with van der Waals surface area (Å²) < 4.78 is 0. The predicted octanol–water partition coefficient (Wildman–Crippen LogP) is 9.53. The van der Waals surface area contributed by atoms with Crippen molar-refractivity contribution in [1.29, 1.82) is 0 Å². The standard InChI is InChI=1S/C28H54O2/c1-3-5-7-9-11-12-13-14-15-16-17-19-21-23-25-28(30)26-27(29)24-22-20-18-10-8-6-4-2/h3-26H2,1-2H3. The number of rotatable bonds is 25. The zero-order chi connectivity index (χ0) is 22.1. The van der Waals surface area contributed by atoms with Crippen LogP contribution in [0.15, 0.2) is 0 Å². The molecule has 0 fully saturated rings. The molecule has 0 aromatic rings. The third kappa shape index (κ3) is 23.6. The van der Waals surface area contributed by atoms with Gasteiger partial charge < -0.3 is 0 Å². The molecule has 0 N–H and O–H groups in total. The largest absolute Gasteiger partial charge is 0.299 e. The van der Waals surface area contributed by atoms with Crippen molar-refractivity contribution in [2.75, 3.05) is 0 Å². The van der Waals surface area contributed by atoms with E-state index in [9.17, 15) is 9.59 Å². The Morgan fingerprint density at radius 2 is 0.600 bits per heavy atom. The summed E-state index contributed by atoms with van der Waals surface area (Å²) in [6.07, 6.45) is 28.6. The molecule has 178 valence electrons. The maximum atomic E-state index is 12.0. The first-order valence-electron chi connectivity index (χ1n) is 13.7. The second kappa shape index (κ2) is 24.6. The van der Waals surface area contributed by atoms with E-state index in [0.717, 1.165) is 25.7 Å². The summed E-state index contributed by atoms with van der Waals surface area (Å²) in [5.74, 6) is 0.334. The topological polar surface area (TPSA) is 34.1 Å². The first-order valence-corrected chi connectivity index (χ1v) is 13.7. The number of hydrogen-bond acceptors (Lipinski definition) is 2. The lowest BCUT2D eigenvalue weighted by atomic mass is 10.0. The first-order chi connectivity index (χ1) is 14.7. The van der Waals surface area contributed by atoms with E-state index in [1.165, 1.54) is 109 Å². The summed E-state index contributed by atoms with van der Waals surface area (Å²) in [5, 5.41) is 0. The second-order valence-corrected chi connectivity index (χ2v) is 9.47. The molecule has 2 heteroatoms. The van der Waals surface area contributed by atoms with Crippen molar-refractivity contribution in [3.8, 4) is 0 Å². The van der Waals surface area contributed by atoms with Gasteiger partial charge in [-0.3, -0.25) is 9.59 Å². The maximum absolute atomic E-state index is 12.0. The van der Waals surface area contributed by atoms with Crippen LogP contribution in [0.2, 0.25) is 0 Å². The Labute approximate surface area is 189 Å². The van der Waals surface area contributed by atoms with Gasteiger partial charge in [-0.05, 0) is 12.8 Å². The zero-order valence-electron chi connectivity index (χ0n) is 20.8. The highest BCUT2D eigenvalue weighted by atomic mass is 16.1. The van der Waals surface area contributed by atoms with Crippen molar-refractivity contribution in [2.24, 2.45) is 0 Å². The van der Waals surface area contributed by atoms with Crippen LogP contribution in [0.4, 0.5) is 0 Å². The van der Waals surface area contributed by atoms with Gasteiger partial charge in [0.25, 0.3) is 0 Å². The van der Waals surface area contributed by atoms with Crippen molar-refractivity contribution < 1.29 is 9.59 Å². The SMILES string of the molecule is CCCCCCCCCCCCCCCCC(=O)CC(=O)CCCCCCCCC. The Kier molecular flexibility index (Phi) is 24.1. The number of Topliss-reactive ketones (excluding diaryl/α,β-unsaturated/α-hetero) is 2. The van der Waals surface area contributed by atoms with Gasteiger partial charge >= 0.3 is 0 Å². The molecule has 0 spiro atoms. The molecule has 0 aliphatic rings. The number of hydrogen-bond donors (Lipinski definition) is 0. The fourth-order valence-electron chi connectivity index (χ4n) is 4.19. The van der Waals surface area contributed by atoms with Gasteiger partial charge in [-0.1, -0.05) is 136 Å². The smallest absolute Gasteiger partial charge is 0.140 e. The third-order valence-electron chi connectivity index (χ3n) is 6.26. The molecule has 2 nitrogen and oxygen atoms in total. The van der Waals surface area contributed by atoms with E-state index in [4.69, 9.17) is 0 Å². The first kappa shape index (κ1) is 29.3. The Bertz CT molecular complexity index is 375. The van der Waals surface area contributed by atoms with Gasteiger partial charge in [-0.15, -0.1) is 0 Å². The van der Waals surface area contributed by atoms with Crippen molar-refractivity contribution in [3.05, 3.63) is 0 Å². The fourth-order valence-corrected chi connectivity index (χ4v) is 4.19. The fraction of sp³-hybridized carbons (Fsp3) is 0.929. The summed E-state index contributed by atoms with van der Waals surface area (Å²) in [4.78, 5) is 23.9. The highest BCUT2D eigenvalue weighted by Crippen LogP contribution is 2.14. The number of unbranched alkanes of at least 4 members (excludes halogenated alkanes) is 19. The lowest BCUT2D eigenvalue weighted by Gasteiger charge is -2.04. The van der Waals surface area contributed by atoms with Crippen LogP contribution in [-0.4, -0.2) is 11.6 Å². The maximum Gasteiger partial charge on any atom is 0.140 e. The van der Waals surface area contributed by atoms with E-state index in [-0.39, 0.29) is 18.0 Å². The third-order valence-corrected chi connectivity index (χ3v) is 6.26. The minimum absolute atomic E-state index is 0.166. The van der Waals surface area contributed by atoms with E-state index in [0.29, 0.717) is 12.8 Å². The highest BCUT2D eigenvalue weighted by molar-refractivity contribution is 5.98. The monoisotopic (exact) mass is 422 g/mol. The van der Waals surface area contributed by atoms with Gasteiger partial charge in [-0.2, -0.15) is 0 Å². The van der Waals surface area contributed by atoms with Crippen molar-refractivity contribution in [3.63, 3.8) is 0 Å². The molecule has 0 saturated carbocycles. The van der Waals surface area contributed by atoms with Crippen LogP contribution in [0.25, 0.3) is 0 Å². The zero-order valence-corrected chi connectivity index (χ0v) is 20.8. The summed E-state index contributed by atoms with van der Waals surface area (Å²) in [7, 11) is 0. The Morgan fingerprint density at radius 3 is 0.867 bits per heavy atom. The highest BCUT2D eigenvalue weighted by Gasteiger charge is 2.09. The van der Waals surface area contributed by atoms with Crippen molar-refractivity contribution >= 4 is 11.6 Å². The molecule has 0 atom stereocenters. The Balaban J connectivity index is 3.28. The lowest BCUT2D eigenvalue weighted by Crippen LogP contribution is -2.07. The molecule has 0 radical (unpaired) electrons. The number of carbonyl (C=O) groups excluding carboxylic acids is 2. The van der Waals surface area contributed by atoms with Crippen molar-refractivity contribution in [1.82, 2.24) is 0 Å². The van der Waals surface area contributed by atoms with Crippen LogP contribution < -0.4 is 0 Å². The van der Waals surface area contributed by atoms with Crippen molar-refractivity contribution in [2.45, 2.75) is 168 Å². The summed E-state index contributed by atoms with van der Waals surface area (Å²) in [6.45, 7) is 4.51. The predicted molar refractivity (Wildman–Crippen MR) is 132 cm³/mol. The van der Waals surface area contributed by atoms with E-state index in [1.807, 2.05) is 0 Å². The lowest BCUT2D eigenvalue weighted by molar-refractivity contribution is -0.127. The molecule has 0 aromatic carbocycles. The summed E-state index contributed by atoms with van der Waals surface area (Å²) in [5.41, 5.74) is 0. The van der Waals surface area contributed by atoms with Gasteiger partial charge in [0.05, 0.1) is 6.42 Å². The minimum atomic E-state index is 0.166. The Hall–Kier alpha value is -0.660. The van der Waals surface area contributed by atoms with E-state index in [1.54, 1.807) is 0 Å². The van der Waals surface area contributed by atoms with Gasteiger partial charge in [0, 0.05) is 12.8 Å². The second-order valence-electron chi connectivity index (χ2n) is 9.47. The van der Waals surface area contributed by atoms with Crippen LogP contribution >= 0.6 is 0 Å². The Morgan fingerprint density at radius 1 is 0.367 bits per heavy atom. The van der Waals surface area contributed by atoms with Gasteiger partial charge in [0.15, 0.2) is 0 Å². The number of ketones is 2.